The zero-order chi connectivity index (χ0) is 13.2. The summed E-state index contributed by atoms with van der Waals surface area (Å²) in [6.45, 7) is 4.37. The Balaban J connectivity index is 2.47. The highest BCUT2D eigenvalue weighted by Crippen LogP contribution is 2.21. The molecule has 18 heavy (non-hydrogen) atoms. The third-order valence-corrected chi connectivity index (χ3v) is 4.09. The minimum absolute atomic E-state index is 0.274. The van der Waals surface area contributed by atoms with Crippen LogP contribution in [0.15, 0.2) is 41.6 Å². The van der Waals surface area contributed by atoms with Crippen molar-refractivity contribution in [3.63, 3.8) is 0 Å². The van der Waals surface area contributed by atoms with Crippen molar-refractivity contribution in [2.24, 2.45) is 5.92 Å². The van der Waals surface area contributed by atoms with Crippen molar-refractivity contribution in [2.45, 2.75) is 18.7 Å². The van der Waals surface area contributed by atoms with Crippen LogP contribution in [0, 0.1) is 5.92 Å². The Bertz CT molecular complexity index is 646. The van der Waals surface area contributed by atoms with E-state index < -0.39 is 10.0 Å². The molecule has 96 valence electrons. The molecule has 0 radical (unpaired) electrons. The molecule has 0 atom stereocenters. The van der Waals surface area contributed by atoms with E-state index in [0.717, 1.165) is 5.39 Å². The average molecular weight is 264 g/mol. The molecule has 0 aliphatic rings. The van der Waals surface area contributed by atoms with Crippen LogP contribution in [0.4, 0.5) is 0 Å². The normalized spacial score (nSPS) is 12.2. The maximum absolute atomic E-state index is 12.2. The lowest BCUT2D eigenvalue weighted by molar-refractivity contribution is 0.561. The molecular formula is C13H16N2O2S. The summed E-state index contributed by atoms with van der Waals surface area (Å²) in [6.07, 6.45) is 3.26. The fourth-order valence-corrected chi connectivity index (χ4v) is 3.12. The molecule has 2 aromatic rings. The molecule has 0 fully saturated rings. The highest BCUT2D eigenvalue weighted by Gasteiger charge is 2.16. The minimum atomic E-state index is -3.46. The van der Waals surface area contributed by atoms with Gasteiger partial charge in [0, 0.05) is 29.7 Å². The number of pyridine rings is 1. The summed E-state index contributed by atoms with van der Waals surface area (Å²) >= 11 is 0. The van der Waals surface area contributed by atoms with Gasteiger partial charge in [0.05, 0.1) is 4.90 Å². The van der Waals surface area contributed by atoms with Gasteiger partial charge in [-0.2, -0.15) is 0 Å². The summed E-state index contributed by atoms with van der Waals surface area (Å²) in [5.41, 5.74) is 0. The SMILES string of the molecule is CC(C)CNS(=O)(=O)c1cccc2cnccc12. The first-order valence-electron chi connectivity index (χ1n) is 5.83. The number of rotatable bonds is 4. The number of aromatic nitrogens is 1. The molecule has 4 nitrogen and oxygen atoms in total. The van der Waals surface area contributed by atoms with Crippen LogP contribution in [-0.2, 0) is 10.0 Å². The Kier molecular flexibility index (Phi) is 3.63. The number of nitrogens with one attached hydrogen (secondary N) is 1. The first-order valence-corrected chi connectivity index (χ1v) is 7.31. The molecule has 0 bridgehead atoms. The quantitative estimate of drug-likeness (QED) is 0.920. The molecule has 0 unspecified atom stereocenters. The molecule has 0 aliphatic heterocycles. The number of nitrogens with zero attached hydrogens (tertiary/aromatic N) is 1. The second-order valence-electron chi connectivity index (χ2n) is 4.60. The lowest BCUT2D eigenvalue weighted by atomic mass is 10.2. The van der Waals surface area contributed by atoms with Crippen LogP contribution in [0.2, 0.25) is 0 Å². The Hall–Kier alpha value is -1.46. The van der Waals surface area contributed by atoms with Gasteiger partial charge in [-0.15, -0.1) is 0 Å². The molecule has 1 aromatic carbocycles. The highest BCUT2D eigenvalue weighted by molar-refractivity contribution is 7.89. The number of fused-ring (bicyclic) bond motifs is 1. The third kappa shape index (κ3) is 2.68. The summed E-state index contributed by atoms with van der Waals surface area (Å²) < 4.78 is 27.1. The lowest BCUT2D eigenvalue weighted by Gasteiger charge is -2.10. The minimum Gasteiger partial charge on any atom is -0.264 e. The zero-order valence-electron chi connectivity index (χ0n) is 10.4. The van der Waals surface area contributed by atoms with Crippen LogP contribution in [0.1, 0.15) is 13.8 Å². The number of benzene rings is 1. The average Bonchev–Trinajstić information content (AvgIpc) is 2.36. The maximum atomic E-state index is 12.2. The Morgan fingerprint density at radius 2 is 2.06 bits per heavy atom. The molecule has 5 heteroatoms. The van der Waals surface area contributed by atoms with E-state index in [1.807, 2.05) is 19.9 Å². The van der Waals surface area contributed by atoms with E-state index in [1.165, 1.54) is 0 Å². The van der Waals surface area contributed by atoms with Gasteiger partial charge in [-0.3, -0.25) is 4.98 Å². The van der Waals surface area contributed by atoms with Gasteiger partial charge < -0.3 is 0 Å². The van der Waals surface area contributed by atoms with Gasteiger partial charge in [0.2, 0.25) is 10.0 Å². The molecule has 0 spiro atoms. The predicted octanol–water partition coefficient (Wildman–Crippen LogP) is 2.17. The molecule has 0 amide bonds. The number of sulfonamides is 1. The molecule has 1 heterocycles. The van der Waals surface area contributed by atoms with Crippen LogP contribution in [0.5, 0.6) is 0 Å². The van der Waals surface area contributed by atoms with Crippen molar-refractivity contribution in [2.75, 3.05) is 6.54 Å². The van der Waals surface area contributed by atoms with Crippen molar-refractivity contribution in [3.8, 4) is 0 Å². The van der Waals surface area contributed by atoms with Crippen LogP contribution in [0.25, 0.3) is 10.8 Å². The van der Waals surface area contributed by atoms with Crippen molar-refractivity contribution < 1.29 is 8.42 Å². The van der Waals surface area contributed by atoms with Gasteiger partial charge >= 0.3 is 0 Å². The van der Waals surface area contributed by atoms with E-state index in [2.05, 4.69) is 9.71 Å². The van der Waals surface area contributed by atoms with Gasteiger partial charge in [-0.1, -0.05) is 26.0 Å². The first kappa shape index (κ1) is 13.0. The topological polar surface area (TPSA) is 59.1 Å². The summed E-state index contributed by atoms with van der Waals surface area (Å²) in [5, 5.41) is 1.52. The summed E-state index contributed by atoms with van der Waals surface area (Å²) in [6, 6.07) is 6.92. The molecule has 2 rings (SSSR count). The van der Waals surface area contributed by atoms with E-state index in [4.69, 9.17) is 0 Å². The third-order valence-electron chi connectivity index (χ3n) is 2.61. The van der Waals surface area contributed by atoms with E-state index in [1.54, 1.807) is 30.6 Å². The van der Waals surface area contributed by atoms with Gasteiger partial charge in [0.15, 0.2) is 0 Å². The Morgan fingerprint density at radius 1 is 1.28 bits per heavy atom. The van der Waals surface area contributed by atoms with Gasteiger partial charge in [-0.05, 0) is 18.1 Å². The Labute approximate surface area is 107 Å². The Morgan fingerprint density at radius 3 is 2.78 bits per heavy atom. The van der Waals surface area contributed by atoms with Crippen molar-refractivity contribution >= 4 is 20.8 Å². The smallest absolute Gasteiger partial charge is 0.241 e. The van der Waals surface area contributed by atoms with Crippen LogP contribution >= 0.6 is 0 Å². The monoisotopic (exact) mass is 264 g/mol. The fourth-order valence-electron chi connectivity index (χ4n) is 1.68. The number of hydrogen-bond acceptors (Lipinski definition) is 3. The van der Waals surface area contributed by atoms with Crippen molar-refractivity contribution in [1.29, 1.82) is 0 Å². The highest BCUT2D eigenvalue weighted by atomic mass is 32.2. The molecule has 0 saturated heterocycles. The molecule has 1 N–H and O–H groups in total. The first-order chi connectivity index (χ1) is 8.50. The largest absolute Gasteiger partial charge is 0.264 e. The van der Waals surface area contributed by atoms with Gasteiger partial charge in [-0.25, -0.2) is 13.1 Å². The predicted molar refractivity (Wildman–Crippen MR) is 71.8 cm³/mol. The van der Waals surface area contributed by atoms with Gasteiger partial charge in [0.25, 0.3) is 0 Å². The summed E-state index contributed by atoms with van der Waals surface area (Å²) in [4.78, 5) is 4.30. The van der Waals surface area contributed by atoms with E-state index in [0.29, 0.717) is 16.8 Å². The van der Waals surface area contributed by atoms with E-state index >= 15 is 0 Å². The molecular weight excluding hydrogens is 248 g/mol. The fraction of sp³-hybridized carbons (Fsp3) is 0.308. The second-order valence-corrected chi connectivity index (χ2v) is 6.33. The van der Waals surface area contributed by atoms with E-state index in [-0.39, 0.29) is 5.92 Å². The summed E-state index contributed by atoms with van der Waals surface area (Å²) in [7, 11) is -3.46. The van der Waals surface area contributed by atoms with Crippen molar-refractivity contribution in [1.82, 2.24) is 9.71 Å². The van der Waals surface area contributed by atoms with Crippen LogP contribution in [-0.4, -0.2) is 19.9 Å². The molecule has 1 aromatic heterocycles. The van der Waals surface area contributed by atoms with Crippen LogP contribution in [0.3, 0.4) is 0 Å². The van der Waals surface area contributed by atoms with Gasteiger partial charge in [0.1, 0.15) is 0 Å². The lowest BCUT2D eigenvalue weighted by Crippen LogP contribution is -2.27. The molecule has 0 aliphatic carbocycles. The van der Waals surface area contributed by atoms with Crippen LogP contribution < -0.4 is 4.72 Å². The zero-order valence-corrected chi connectivity index (χ0v) is 11.2. The summed E-state index contributed by atoms with van der Waals surface area (Å²) in [5.74, 6) is 0.274. The standard InChI is InChI=1S/C13H16N2O2S/c1-10(2)8-15-18(16,17)13-5-3-4-11-9-14-7-6-12(11)13/h3-7,9-10,15H,8H2,1-2H3. The van der Waals surface area contributed by atoms with Crippen molar-refractivity contribution in [3.05, 3.63) is 36.7 Å². The second kappa shape index (κ2) is 5.04. The maximum Gasteiger partial charge on any atom is 0.241 e. The molecule has 0 saturated carbocycles. The number of hydrogen-bond donors (Lipinski definition) is 1. The van der Waals surface area contributed by atoms with E-state index in [9.17, 15) is 8.42 Å².